The third kappa shape index (κ3) is 2.51. The van der Waals surface area contributed by atoms with Crippen LogP contribution >= 0.6 is 0 Å². The molecule has 0 atom stereocenters. The van der Waals surface area contributed by atoms with Gasteiger partial charge in [0, 0.05) is 12.4 Å². The molecule has 0 amide bonds. The number of nitrogens with zero attached hydrogens (tertiary/aromatic N) is 1. The molecule has 2 aromatic rings. The third-order valence-corrected chi connectivity index (χ3v) is 2.59. The van der Waals surface area contributed by atoms with Crippen LogP contribution in [-0.4, -0.2) is 30.0 Å². The molecule has 94 valence electrons. The zero-order chi connectivity index (χ0) is 13.0. The smallest absolute Gasteiger partial charge is 0.174 e. The zero-order valence-electron chi connectivity index (χ0n) is 10.3. The van der Waals surface area contributed by atoms with Gasteiger partial charge in [0.15, 0.2) is 5.78 Å². The number of benzene rings is 1. The van der Waals surface area contributed by atoms with Gasteiger partial charge in [-0.05, 0) is 18.2 Å². The first-order valence-electron chi connectivity index (χ1n) is 5.48. The molecule has 0 saturated carbocycles. The first kappa shape index (κ1) is 12.2. The molecule has 0 aliphatic rings. The summed E-state index contributed by atoms with van der Waals surface area (Å²) in [5.41, 5.74) is 0.494. The normalized spacial score (nSPS) is 10.1. The molecule has 1 N–H and O–H groups in total. The average molecular weight is 246 g/mol. The maximum absolute atomic E-state index is 12.2. The molecule has 1 aromatic carbocycles. The van der Waals surface area contributed by atoms with Gasteiger partial charge in [0.2, 0.25) is 0 Å². The van der Waals surface area contributed by atoms with E-state index in [1.54, 1.807) is 37.7 Å². The highest BCUT2D eigenvalue weighted by Gasteiger charge is 2.15. The van der Waals surface area contributed by atoms with E-state index in [1.165, 1.54) is 7.11 Å². The Morgan fingerprint density at radius 3 is 2.78 bits per heavy atom. The molecule has 1 heterocycles. The van der Waals surface area contributed by atoms with E-state index in [1.807, 2.05) is 0 Å². The van der Waals surface area contributed by atoms with Crippen LogP contribution in [0.15, 0.2) is 30.6 Å². The van der Waals surface area contributed by atoms with Crippen molar-refractivity contribution in [3.63, 3.8) is 0 Å². The molecule has 5 heteroatoms. The quantitative estimate of drug-likeness (QED) is 0.818. The number of imidazole rings is 1. The predicted molar refractivity (Wildman–Crippen MR) is 66.2 cm³/mol. The van der Waals surface area contributed by atoms with E-state index in [4.69, 9.17) is 9.47 Å². The molecule has 0 aliphatic carbocycles. The Labute approximate surface area is 105 Å². The molecule has 0 bridgehead atoms. The summed E-state index contributed by atoms with van der Waals surface area (Å²) < 4.78 is 10.3. The molecule has 0 fully saturated rings. The fourth-order valence-corrected chi connectivity index (χ4v) is 1.67. The van der Waals surface area contributed by atoms with Crippen molar-refractivity contribution >= 4 is 5.78 Å². The van der Waals surface area contributed by atoms with Gasteiger partial charge >= 0.3 is 0 Å². The van der Waals surface area contributed by atoms with Crippen LogP contribution in [0.1, 0.15) is 16.2 Å². The van der Waals surface area contributed by atoms with E-state index in [2.05, 4.69) is 9.97 Å². The topological polar surface area (TPSA) is 64.2 Å². The lowest BCUT2D eigenvalue weighted by Gasteiger charge is -2.09. The van der Waals surface area contributed by atoms with Crippen LogP contribution in [-0.2, 0) is 6.42 Å². The molecule has 5 nitrogen and oxygen atoms in total. The SMILES string of the molecule is COc1ccc(OC)c(C(=O)Cc2ncc[nH]2)c1. The van der Waals surface area contributed by atoms with Crippen molar-refractivity contribution in [3.8, 4) is 11.5 Å². The lowest BCUT2D eigenvalue weighted by molar-refractivity contribution is 0.0987. The van der Waals surface area contributed by atoms with Crippen LogP contribution in [0.25, 0.3) is 0 Å². The Kier molecular flexibility index (Phi) is 3.62. The van der Waals surface area contributed by atoms with Crippen molar-refractivity contribution in [2.24, 2.45) is 0 Å². The summed E-state index contributed by atoms with van der Waals surface area (Å²) in [7, 11) is 3.09. The second kappa shape index (κ2) is 5.35. The van der Waals surface area contributed by atoms with Crippen molar-refractivity contribution in [1.29, 1.82) is 0 Å². The van der Waals surface area contributed by atoms with Gasteiger partial charge in [-0.25, -0.2) is 4.98 Å². The molecule has 18 heavy (non-hydrogen) atoms. The molecule has 2 rings (SSSR count). The number of methoxy groups -OCH3 is 2. The van der Waals surface area contributed by atoms with Crippen LogP contribution in [0.3, 0.4) is 0 Å². The Balaban J connectivity index is 2.27. The second-order valence-electron chi connectivity index (χ2n) is 3.70. The zero-order valence-corrected chi connectivity index (χ0v) is 10.3. The number of nitrogens with one attached hydrogen (secondary N) is 1. The number of carbonyl (C=O) groups excluding carboxylic acids is 1. The largest absolute Gasteiger partial charge is 0.497 e. The van der Waals surface area contributed by atoms with Crippen molar-refractivity contribution < 1.29 is 14.3 Å². The highest BCUT2D eigenvalue weighted by Crippen LogP contribution is 2.25. The van der Waals surface area contributed by atoms with E-state index in [0.717, 1.165) is 0 Å². The number of H-pyrrole nitrogens is 1. The highest BCUT2D eigenvalue weighted by atomic mass is 16.5. The van der Waals surface area contributed by atoms with E-state index in [0.29, 0.717) is 22.9 Å². The van der Waals surface area contributed by atoms with Gasteiger partial charge in [0.25, 0.3) is 0 Å². The van der Waals surface area contributed by atoms with Crippen molar-refractivity contribution in [3.05, 3.63) is 42.0 Å². The highest BCUT2D eigenvalue weighted by molar-refractivity contribution is 6.00. The van der Waals surface area contributed by atoms with Crippen LogP contribution < -0.4 is 9.47 Å². The van der Waals surface area contributed by atoms with Gasteiger partial charge in [0.1, 0.15) is 17.3 Å². The molecule has 0 unspecified atom stereocenters. The number of aromatic nitrogens is 2. The van der Waals surface area contributed by atoms with E-state index < -0.39 is 0 Å². The van der Waals surface area contributed by atoms with Gasteiger partial charge in [-0.3, -0.25) is 4.79 Å². The molecular weight excluding hydrogens is 232 g/mol. The van der Waals surface area contributed by atoms with E-state index >= 15 is 0 Å². The van der Waals surface area contributed by atoms with Gasteiger partial charge in [-0.2, -0.15) is 0 Å². The maximum atomic E-state index is 12.2. The summed E-state index contributed by atoms with van der Waals surface area (Å²) in [4.78, 5) is 19.1. The minimum absolute atomic E-state index is 0.0688. The Bertz CT molecular complexity index is 535. The summed E-state index contributed by atoms with van der Waals surface area (Å²) in [5, 5.41) is 0. The lowest BCUT2D eigenvalue weighted by Crippen LogP contribution is -2.07. The molecule has 0 radical (unpaired) electrons. The fourth-order valence-electron chi connectivity index (χ4n) is 1.67. The summed E-state index contributed by atoms with van der Waals surface area (Å²) >= 11 is 0. The second-order valence-corrected chi connectivity index (χ2v) is 3.70. The molecular formula is C13H14N2O3. The lowest BCUT2D eigenvalue weighted by atomic mass is 10.1. The number of ether oxygens (including phenoxy) is 2. The van der Waals surface area contributed by atoms with Crippen LogP contribution in [0.5, 0.6) is 11.5 Å². The Hall–Kier alpha value is -2.30. The summed E-state index contributed by atoms with van der Waals surface area (Å²) in [6.45, 7) is 0. The first-order valence-corrected chi connectivity index (χ1v) is 5.48. The number of Topliss-reactive ketones (excluding diaryl/α,β-unsaturated/α-hetero) is 1. The summed E-state index contributed by atoms with van der Waals surface area (Å²) in [5.74, 6) is 1.72. The maximum Gasteiger partial charge on any atom is 0.174 e. The van der Waals surface area contributed by atoms with E-state index in [9.17, 15) is 4.79 Å². The van der Waals surface area contributed by atoms with Crippen LogP contribution in [0, 0.1) is 0 Å². The number of hydrogen-bond acceptors (Lipinski definition) is 4. The number of rotatable bonds is 5. The minimum Gasteiger partial charge on any atom is -0.497 e. The molecule has 0 saturated heterocycles. The van der Waals surface area contributed by atoms with Crippen LogP contribution in [0.4, 0.5) is 0 Å². The van der Waals surface area contributed by atoms with Crippen molar-refractivity contribution in [2.75, 3.05) is 14.2 Å². The average Bonchev–Trinajstić information content (AvgIpc) is 2.90. The number of carbonyl (C=O) groups is 1. The number of hydrogen-bond donors (Lipinski definition) is 1. The van der Waals surface area contributed by atoms with Gasteiger partial charge < -0.3 is 14.5 Å². The monoisotopic (exact) mass is 246 g/mol. The number of aromatic amines is 1. The Morgan fingerprint density at radius 2 is 2.17 bits per heavy atom. The molecule has 0 aliphatic heterocycles. The number of ketones is 1. The molecule has 1 aromatic heterocycles. The Morgan fingerprint density at radius 1 is 1.33 bits per heavy atom. The first-order chi connectivity index (χ1) is 8.74. The minimum atomic E-state index is -0.0688. The van der Waals surface area contributed by atoms with Crippen molar-refractivity contribution in [2.45, 2.75) is 6.42 Å². The van der Waals surface area contributed by atoms with Gasteiger partial charge in [-0.15, -0.1) is 0 Å². The van der Waals surface area contributed by atoms with E-state index in [-0.39, 0.29) is 12.2 Å². The van der Waals surface area contributed by atoms with Gasteiger partial charge in [-0.1, -0.05) is 0 Å². The summed E-state index contributed by atoms with van der Waals surface area (Å²) in [6.07, 6.45) is 3.51. The predicted octanol–water partition coefficient (Wildman–Crippen LogP) is 1.85. The summed E-state index contributed by atoms with van der Waals surface area (Å²) in [6, 6.07) is 5.14. The standard InChI is InChI=1S/C13H14N2O3/c1-17-9-3-4-12(18-2)10(7-9)11(16)8-13-14-5-6-15-13/h3-7H,8H2,1-2H3,(H,14,15). The van der Waals surface area contributed by atoms with Gasteiger partial charge in [0.05, 0.1) is 26.2 Å². The fraction of sp³-hybridized carbons (Fsp3) is 0.231. The molecule has 0 spiro atoms. The van der Waals surface area contributed by atoms with Crippen molar-refractivity contribution in [1.82, 2.24) is 9.97 Å². The van der Waals surface area contributed by atoms with Crippen LogP contribution in [0.2, 0.25) is 0 Å². The third-order valence-electron chi connectivity index (χ3n) is 2.59.